The zero-order chi connectivity index (χ0) is 18.2. The van der Waals surface area contributed by atoms with E-state index >= 15 is 0 Å². The van der Waals surface area contributed by atoms with Gasteiger partial charge < -0.3 is 15.8 Å². The van der Waals surface area contributed by atoms with E-state index in [1.807, 2.05) is 0 Å². The number of amides is 1. The quantitative estimate of drug-likeness (QED) is 0.700. The Morgan fingerprint density at radius 1 is 1.36 bits per heavy atom. The molecule has 0 aliphatic heterocycles. The number of ether oxygens (including phenoxy) is 1. The summed E-state index contributed by atoms with van der Waals surface area (Å²) in [6, 6.07) is 4.98. The summed E-state index contributed by atoms with van der Waals surface area (Å²) < 4.78 is 18.1. The van der Waals surface area contributed by atoms with Gasteiger partial charge in [0.1, 0.15) is 11.5 Å². The van der Waals surface area contributed by atoms with Crippen molar-refractivity contribution in [2.75, 3.05) is 13.2 Å². The van der Waals surface area contributed by atoms with Crippen molar-refractivity contribution in [2.45, 2.75) is 25.8 Å². The number of hydrogen-bond acceptors (Lipinski definition) is 6. The molecule has 2 rings (SSSR count). The van der Waals surface area contributed by atoms with Gasteiger partial charge >= 0.3 is 5.97 Å². The minimum absolute atomic E-state index is 0.0506. The molecule has 134 valence electrons. The van der Waals surface area contributed by atoms with E-state index in [9.17, 15) is 14.0 Å². The lowest BCUT2D eigenvalue weighted by Crippen LogP contribution is -2.31. The number of benzene rings is 1. The second-order valence-corrected chi connectivity index (χ2v) is 6.19. The number of nitrogens with one attached hydrogen (secondary N) is 1. The number of esters is 1. The van der Waals surface area contributed by atoms with Crippen molar-refractivity contribution >= 4 is 23.2 Å². The van der Waals surface area contributed by atoms with Crippen LogP contribution in [0, 0.1) is 5.82 Å². The molecule has 0 fully saturated rings. The van der Waals surface area contributed by atoms with Crippen molar-refractivity contribution in [2.24, 2.45) is 5.73 Å². The summed E-state index contributed by atoms with van der Waals surface area (Å²) in [5.41, 5.74) is 6.36. The zero-order valence-electron chi connectivity index (χ0n) is 13.8. The Morgan fingerprint density at radius 3 is 2.72 bits per heavy atom. The maximum Gasteiger partial charge on any atom is 0.308 e. The van der Waals surface area contributed by atoms with E-state index in [-0.39, 0.29) is 18.7 Å². The van der Waals surface area contributed by atoms with Crippen LogP contribution in [0.2, 0.25) is 0 Å². The predicted octanol–water partition coefficient (Wildman–Crippen LogP) is 2.21. The van der Waals surface area contributed by atoms with E-state index in [4.69, 9.17) is 10.5 Å². The summed E-state index contributed by atoms with van der Waals surface area (Å²) in [5.74, 6) is -1.24. The second-order valence-electron chi connectivity index (χ2n) is 5.25. The molecule has 3 N–H and O–H groups in total. The molecule has 0 saturated heterocycles. The third-order valence-corrected chi connectivity index (χ3v) is 4.31. The van der Waals surface area contributed by atoms with Crippen molar-refractivity contribution in [3.8, 4) is 0 Å². The van der Waals surface area contributed by atoms with Crippen LogP contribution in [0.4, 0.5) is 4.39 Å². The van der Waals surface area contributed by atoms with Crippen LogP contribution in [-0.2, 0) is 16.0 Å². The molecule has 0 spiro atoms. The average Bonchev–Trinajstić information content (AvgIpc) is 3.04. The Kier molecular flexibility index (Phi) is 7.03. The summed E-state index contributed by atoms with van der Waals surface area (Å²) in [4.78, 5) is 28.5. The summed E-state index contributed by atoms with van der Waals surface area (Å²) in [6.45, 7) is 2.41. The van der Waals surface area contributed by atoms with Crippen LogP contribution in [0.25, 0.3) is 0 Å². The van der Waals surface area contributed by atoms with Gasteiger partial charge in [0.25, 0.3) is 5.91 Å². The maximum absolute atomic E-state index is 13.1. The fourth-order valence-corrected chi connectivity index (χ4v) is 3.01. The van der Waals surface area contributed by atoms with Crippen LogP contribution >= 0.6 is 11.3 Å². The molecule has 25 heavy (non-hydrogen) atoms. The molecular formula is C17H20FN3O3S. The van der Waals surface area contributed by atoms with Gasteiger partial charge in [-0.1, -0.05) is 12.1 Å². The van der Waals surface area contributed by atoms with E-state index in [1.165, 1.54) is 35.6 Å². The topological polar surface area (TPSA) is 94.3 Å². The molecule has 6 nitrogen and oxygen atoms in total. The average molecular weight is 365 g/mol. The number of carbonyl (C=O) groups is 2. The minimum Gasteiger partial charge on any atom is -0.466 e. The lowest BCUT2D eigenvalue weighted by molar-refractivity contribution is -0.143. The summed E-state index contributed by atoms with van der Waals surface area (Å²) in [7, 11) is 0. The lowest BCUT2D eigenvalue weighted by atomic mass is 10.0. The standard InChI is InChI=1S/C17H20FN3O3S/c1-2-24-16(22)9-13(11-3-5-12(18)6-4-11)21-17(23)14-10-25-15(20-14)7-8-19/h3-6,10,13H,2,7-9,19H2,1H3,(H,21,23). The van der Waals surface area contributed by atoms with Gasteiger partial charge in [0, 0.05) is 11.8 Å². The molecule has 0 aliphatic rings. The number of thiazole rings is 1. The first-order valence-electron chi connectivity index (χ1n) is 7.90. The van der Waals surface area contributed by atoms with E-state index in [1.54, 1.807) is 12.3 Å². The summed E-state index contributed by atoms with van der Waals surface area (Å²) in [6.07, 6.45) is 0.549. The van der Waals surface area contributed by atoms with E-state index < -0.39 is 23.7 Å². The number of hydrogen-bond donors (Lipinski definition) is 2. The normalized spacial score (nSPS) is 11.8. The van der Waals surface area contributed by atoms with Crippen molar-refractivity contribution in [1.82, 2.24) is 10.3 Å². The second kappa shape index (κ2) is 9.24. The third kappa shape index (κ3) is 5.61. The number of carbonyl (C=O) groups excluding carboxylic acids is 2. The highest BCUT2D eigenvalue weighted by atomic mass is 32.1. The molecule has 2 aromatic rings. The first kappa shape index (κ1) is 19.0. The number of halogens is 1. The molecular weight excluding hydrogens is 345 g/mol. The van der Waals surface area contributed by atoms with E-state index in [2.05, 4.69) is 10.3 Å². The Balaban J connectivity index is 2.14. The van der Waals surface area contributed by atoms with Crippen molar-refractivity contribution in [1.29, 1.82) is 0 Å². The van der Waals surface area contributed by atoms with Crippen molar-refractivity contribution < 1.29 is 18.7 Å². The van der Waals surface area contributed by atoms with Gasteiger partial charge in [-0.25, -0.2) is 9.37 Å². The Hall–Kier alpha value is -2.32. The molecule has 0 bridgehead atoms. The Morgan fingerprint density at radius 2 is 2.08 bits per heavy atom. The van der Waals surface area contributed by atoms with Gasteiger partial charge in [-0.2, -0.15) is 0 Å². The SMILES string of the molecule is CCOC(=O)CC(NC(=O)c1csc(CCN)n1)c1ccc(F)cc1. The molecule has 1 unspecified atom stereocenters. The lowest BCUT2D eigenvalue weighted by Gasteiger charge is -2.18. The van der Waals surface area contributed by atoms with Gasteiger partial charge in [0.15, 0.2) is 0 Å². The van der Waals surface area contributed by atoms with Crippen LogP contribution < -0.4 is 11.1 Å². The molecule has 1 heterocycles. The first-order chi connectivity index (χ1) is 12.0. The van der Waals surface area contributed by atoms with Crippen molar-refractivity contribution in [3.05, 3.63) is 51.7 Å². The van der Waals surface area contributed by atoms with Crippen LogP contribution in [0.5, 0.6) is 0 Å². The molecule has 1 amide bonds. The van der Waals surface area contributed by atoms with Gasteiger partial charge in [0.2, 0.25) is 0 Å². The molecule has 1 aromatic carbocycles. The van der Waals surface area contributed by atoms with Crippen LogP contribution in [0.3, 0.4) is 0 Å². The highest BCUT2D eigenvalue weighted by molar-refractivity contribution is 7.09. The van der Waals surface area contributed by atoms with Crippen LogP contribution in [0.15, 0.2) is 29.6 Å². The fraction of sp³-hybridized carbons (Fsp3) is 0.353. The largest absolute Gasteiger partial charge is 0.466 e. The molecule has 8 heteroatoms. The van der Waals surface area contributed by atoms with Crippen molar-refractivity contribution in [3.63, 3.8) is 0 Å². The molecule has 0 aliphatic carbocycles. The third-order valence-electron chi connectivity index (χ3n) is 3.40. The van der Waals surface area contributed by atoms with E-state index in [0.717, 1.165) is 5.01 Å². The predicted molar refractivity (Wildman–Crippen MR) is 92.7 cm³/mol. The molecule has 0 saturated carbocycles. The monoisotopic (exact) mass is 365 g/mol. The van der Waals surface area contributed by atoms with Crippen LogP contribution in [-0.4, -0.2) is 30.0 Å². The van der Waals surface area contributed by atoms with Gasteiger partial charge in [-0.3, -0.25) is 9.59 Å². The minimum atomic E-state index is -0.633. The summed E-state index contributed by atoms with van der Waals surface area (Å²) >= 11 is 1.36. The first-order valence-corrected chi connectivity index (χ1v) is 8.77. The molecule has 1 atom stereocenters. The number of nitrogens with two attached hydrogens (primary N) is 1. The molecule has 1 aromatic heterocycles. The van der Waals surface area contributed by atoms with Gasteiger partial charge in [-0.15, -0.1) is 11.3 Å². The smallest absolute Gasteiger partial charge is 0.308 e. The zero-order valence-corrected chi connectivity index (χ0v) is 14.6. The van der Waals surface area contributed by atoms with Crippen LogP contribution in [0.1, 0.15) is 40.4 Å². The Labute approximate surface area is 149 Å². The highest BCUT2D eigenvalue weighted by Gasteiger charge is 2.21. The number of nitrogens with zero attached hydrogens (tertiary/aromatic N) is 1. The summed E-state index contributed by atoms with van der Waals surface area (Å²) in [5, 5.41) is 5.18. The fourth-order valence-electron chi connectivity index (χ4n) is 2.22. The van der Waals surface area contributed by atoms with Gasteiger partial charge in [0.05, 0.1) is 24.1 Å². The van der Waals surface area contributed by atoms with E-state index in [0.29, 0.717) is 18.5 Å². The number of rotatable bonds is 8. The van der Waals surface area contributed by atoms with Gasteiger partial charge in [-0.05, 0) is 31.2 Å². The Bertz CT molecular complexity index is 718. The number of aromatic nitrogens is 1. The molecule has 0 radical (unpaired) electrons. The maximum atomic E-state index is 13.1. The highest BCUT2D eigenvalue weighted by Crippen LogP contribution is 2.19.